The van der Waals surface area contributed by atoms with Gasteiger partial charge in [-0.25, -0.2) is 4.79 Å². The predicted molar refractivity (Wildman–Crippen MR) is 124 cm³/mol. The molecular formula is C23H22Cl2N2O6. The molecule has 1 aliphatic rings. The Kier molecular flexibility index (Phi) is 8.30. The lowest BCUT2D eigenvalue weighted by Crippen LogP contribution is -2.28. The fourth-order valence-electron chi connectivity index (χ4n) is 3.21. The third kappa shape index (κ3) is 6.24. The Labute approximate surface area is 200 Å². The van der Waals surface area contributed by atoms with Gasteiger partial charge < -0.3 is 19.7 Å². The van der Waals surface area contributed by atoms with E-state index < -0.39 is 30.4 Å². The molecule has 8 nitrogen and oxygen atoms in total. The van der Waals surface area contributed by atoms with E-state index in [0.717, 1.165) is 6.42 Å². The third-order valence-corrected chi connectivity index (χ3v) is 5.70. The molecule has 0 unspecified atom stereocenters. The summed E-state index contributed by atoms with van der Waals surface area (Å²) in [4.78, 5) is 50.3. The summed E-state index contributed by atoms with van der Waals surface area (Å²) in [6.45, 7) is 1.82. The molecule has 33 heavy (non-hydrogen) atoms. The van der Waals surface area contributed by atoms with Gasteiger partial charge in [-0.3, -0.25) is 14.4 Å². The molecule has 1 heterocycles. The summed E-state index contributed by atoms with van der Waals surface area (Å²) in [5.41, 5.74) is 1.23. The first-order chi connectivity index (χ1) is 15.8. The zero-order valence-corrected chi connectivity index (χ0v) is 19.3. The minimum absolute atomic E-state index is 0.0408. The number of amides is 2. The molecule has 3 rings (SSSR count). The van der Waals surface area contributed by atoms with Crippen molar-refractivity contribution in [2.45, 2.75) is 19.8 Å². The molecule has 0 bridgehead atoms. The van der Waals surface area contributed by atoms with Crippen molar-refractivity contribution >= 4 is 58.3 Å². The van der Waals surface area contributed by atoms with Gasteiger partial charge in [0, 0.05) is 18.7 Å². The molecule has 2 amide bonds. The molecular weight excluding hydrogens is 471 g/mol. The monoisotopic (exact) mass is 492 g/mol. The summed E-state index contributed by atoms with van der Waals surface area (Å²) in [7, 11) is 0. The highest BCUT2D eigenvalue weighted by Crippen LogP contribution is 2.29. The lowest BCUT2D eigenvalue weighted by molar-refractivity contribution is -0.151. The van der Waals surface area contributed by atoms with Crippen LogP contribution in [0, 0.1) is 5.92 Å². The number of halogens is 2. The van der Waals surface area contributed by atoms with Gasteiger partial charge in [0.2, 0.25) is 5.91 Å². The fraction of sp³-hybridized carbons (Fsp3) is 0.304. The van der Waals surface area contributed by atoms with E-state index in [1.54, 1.807) is 42.5 Å². The maximum Gasteiger partial charge on any atom is 0.338 e. The first-order valence-corrected chi connectivity index (χ1v) is 11.0. The van der Waals surface area contributed by atoms with E-state index in [1.165, 1.54) is 4.90 Å². The lowest BCUT2D eigenvalue weighted by Gasteiger charge is -2.17. The summed E-state index contributed by atoms with van der Waals surface area (Å²) in [5, 5.41) is 2.98. The largest absolute Gasteiger partial charge is 0.462 e. The van der Waals surface area contributed by atoms with Crippen LogP contribution in [0.4, 0.5) is 11.4 Å². The Balaban J connectivity index is 1.53. The van der Waals surface area contributed by atoms with E-state index in [1.807, 2.05) is 6.92 Å². The topological polar surface area (TPSA) is 102 Å². The molecule has 0 aromatic heterocycles. The first kappa shape index (κ1) is 24.5. The van der Waals surface area contributed by atoms with Crippen molar-refractivity contribution in [3.05, 3.63) is 58.1 Å². The summed E-state index contributed by atoms with van der Waals surface area (Å²) >= 11 is 11.9. The van der Waals surface area contributed by atoms with E-state index in [0.29, 0.717) is 23.5 Å². The van der Waals surface area contributed by atoms with E-state index in [9.17, 15) is 19.2 Å². The highest BCUT2D eigenvalue weighted by atomic mass is 35.5. The zero-order valence-electron chi connectivity index (χ0n) is 17.8. The molecule has 174 valence electrons. The number of carbonyl (C=O) groups excluding carboxylic acids is 4. The molecule has 0 radical (unpaired) electrons. The lowest BCUT2D eigenvalue weighted by atomic mass is 10.1. The zero-order chi connectivity index (χ0) is 24.0. The quantitative estimate of drug-likeness (QED) is 0.556. The fourth-order valence-corrected chi connectivity index (χ4v) is 3.56. The Morgan fingerprint density at radius 1 is 1.09 bits per heavy atom. The number of carbonyl (C=O) groups is 4. The second-order valence-electron chi connectivity index (χ2n) is 7.35. The Morgan fingerprint density at radius 2 is 1.82 bits per heavy atom. The second-order valence-corrected chi connectivity index (χ2v) is 8.13. The Morgan fingerprint density at radius 3 is 2.52 bits per heavy atom. The van der Waals surface area contributed by atoms with Crippen molar-refractivity contribution in [1.82, 2.24) is 0 Å². The van der Waals surface area contributed by atoms with Gasteiger partial charge in [0.05, 0.1) is 33.8 Å². The molecule has 2 aromatic carbocycles. The van der Waals surface area contributed by atoms with Crippen molar-refractivity contribution in [3.8, 4) is 0 Å². The van der Waals surface area contributed by atoms with E-state index in [4.69, 9.17) is 32.7 Å². The van der Waals surface area contributed by atoms with E-state index in [2.05, 4.69) is 5.32 Å². The van der Waals surface area contributed by atoms with Crippen LogP contribution in [0.25, 0.3) is 0 Å². The maximum absolute atomic E-state index is 12.4. The predicted octanol–water partition coefficient (Wildman–Crippen LogP) is 4.10. The number of benzene rings is 2. The molecule has 10 heteroatoms. The second kappa shape index (κ2) is 11.2. The first-order valence-electron chi connectivity index (χ1n) is 10.3. The highest BCUT2D eigenvalue weighted by Gasteiger charge is 2.36. The van der Waals surface area contributed by atoms with Gasteiger partial charge in [-0.15, -0.1) is 0 Å². The van der Waals surface area contributed by atoms with Gasteiger partial charge in [0.1, 0.15) is 0 Å². The van der Waals surface area contributed by atoms with Crippen LogP contribution in [0.15, 0.2) is 42.5 Å². The van der Waals surface area contributed by atoms with Crippen molar-refractivity contribution in [2.24, 2.45) is 5.92 Å². The van der Waals surface area contributed by atoms with Crippen molar-refractivity contribution in [2.75, 3.05) is 30.0 Å². The third-order valence-electron chi connectivity index (χ3n) is 4.88. The number of hydrogen-bond acceptors (Lipinski definition) is 6. The highest BCUT2D eigenvalue weighted by molar-refractivity contribution is 6.44. The van der Waals surface area contributed by atoms with Gasteiger partial charge in [-0.2, -0.15) is 0 Å². The van der Waals surface area contributed by atoms with Crippen LogP contribution in [-0.4, -0.2) is 43.5 Å². The standard InChI is InChI=1S/C23H22Cl2N2O6/c1-2-10-32-22(30)14-6-8-16(9-7-14)27-12-15(11-20(27)29)23(31)33-13-19(28)26-18-5-3-4-17(24)21(18)25/h3-9,15H,2,10-13H2,1H3,(H,26,28)/t15-/m0/s1. The number of ether oxygens (including phenoxy) is 2. The number of hydrogen-bond donors (Lipinski definition) is 1. The average Bonchev–Trinajstić information content (AvgIpc) is 3.20. The summed E-state index contributed by atoms with van der Waals surface area (Å²) in [5.74, 6) is -2.64. The molecule has 1 atom stereocenters. The number of rotatable bonds is 8. The van der Waals surface area contributed by atoms with Crippen molar-refractivity contribution < 1.29 is 28.7 Å². The minimum Gasteiger partial charge on any atom is -0.462 e. The molecule has 1 N–H and O–H groups in total. The molecule has 0 aliphatic carbocycles. The normalized spacial score (nSPS) is 15.3. The number of anilines is 2. The van der Waals surface area contributed by atoms with Crippen LogP contribution >= 0.6 is 23.2 Å². The van der Waals surface area contributed by atoms with Crippen LogP contribution < -0.4 is 10.2 Å². The smallest absolute Gasteiger partial charge is 0.338 e. The summed E-state index contributed by atoms with van der Waals surface area (Å²) in [6.07, 6.45) is 0.681. The molecule has 2 aromatic rings. The summed E-state index contributed by atoms with van der Waals surface area (Å²) < 4.78 is 10.2. The minimum atomic E-state index is -0.714. The van der Waals surface area contributed by atoms with Crippen LogP contribution in [0.5, 0.6) is 0 Å². The SMILES string of the molecule is CCCOC(=O)c1ccc(N2C[C@@H](C(=O)OCC(=O)Nc3cccc(Cl)c3Cl)CC2=O)cc1. The van der Waals surface area contributed by atoms with Gasteiger partial charge in [-0.1, -0.05) is 36.2 Å². The molecule has 1 aliphatic heterocycles. The van der Waals surface area contributed by atoms with Gasteiger partial charge in [-0.05, 0) is 42.8 Å². The van der Waals surface area contributed by atoms with Gasteiger partial charge in [0.25, 0.3) is 5.91 Å². The van der Waals surface area contributed by atoms with Gasteiger partial charge in [0.15, 0.2) is 6.61 Å². The van der Waals surface area contributed by atoms with Crippen molar-refractivity contribution in [1.29, 1.82) is 0 Å². The number of nitrogens with zero attached hydrogens (tertiary/aromatic N) is 1. The van der Waals surface area contributed by atoms with E-state index >= 15 is 0 Å². The van der Waals surface area contributed by atoms with Crippen LogP contribution in [-0.2, 0) is 23.9 Å². The molecule has 0 saturated carbocycles. The van der Waals surface area contributed by atoms with E-state index in [-0.39, 0.29) is 28.9 Å². The van der Waals surface area contributed by atoms with Crippen LogP contribution in [0.2, 0.25) is 10.0 Å². The summed E-state index contributed by atoms with van der Waals surface area (Å²) in [6, 6.07) is 11.1. The number of esters is 2. The Bertz CT molecular complexity index is 1060. The number of nitrogens with one attached hydrogen (secondary N) is 1. The molecule has 1 saturated heterocycles. The maximum atomic E-state index is 12.4. The Hall–Kier alpha value is -3.10. The van der Waals surface area contributed by atoms with Crippen LogP contribution in [0.3, 0.4) is 0 Å². The van der Waals surface area contributed by atoms with Crippen molar-refractivity contribution in [3.63, 3.8) is 0 Å². The average molecular weight is 493 g/mol. The molecule has 0 spiro atoms. The van der Waals surface area contributed by atoms with Gasteiger partial charge >= 0.3 is 11.9 Å². The van der Waals surface area contributed by atoms with Crippen LogP contribution in [0.1, 0.15) is 30.1 Å². The molecule has 1 fully saturated rings.